The predicted molar refractivity (Wildman–Crippen MR) is 83.3 cm³/mol. The molecule has 0 aromatic carbocycles. The van der Waals surface area contributed by atoms with Crippen molar-refractivity contribution in [2.75, 3.05) is 26.2 Å². The van der Waals surface area contributed by atoms with Crippen LogP contribution >= 0.6 is 0 Å². The third kappa shape index (κ3) is 3.08. The van der Waals surface area contributed by atoms with Gasteiger partial charge >= 0.3 is 6.09 Å². The molecule has 2 heterocycles. The van der Waals surface area contributed by atoms with Crippen LogP contribution in [-0.4, -0.2) is 53.6 Å². The molecular weight excluding hydrogens is 280 g/mol. The first kappa shape index (κ1) is 15.6. The number of rotatable bonds is 1. The summed E-state index contributed by atoms with van der Waals surface area (Å²) in [6, 6.07) is 0. The Morgan fingerprint density at radius 1 is 0.955 bits per heavy atom. The molecule has 0 radical (unpaired) electrons. The molecule has 0 spiro atoms. The Morgan fingerprint density at radius 2 is 1.50 bits per heavy atom. The lowest BCUT2D eigenvalue weighted by molar-refractivity contribution is -0.139. The van der Waals surface area contributed by atoms with Gasteiger partial charge in [-0.1, -0.05) is 0 Å². The molecule has 3 aliphatic rings. The maximum absolute atomic E-state index is 12.8. The van der Waals surface area contributed by atoms with E-state index in [2.05, 4.69) is 0 Å². The predicted octanol–water partition coefficient (Wildman–Crippen LogP) is 2.50. The highest BCUT2D eigenvalue weighted by atomic mass is 16.6. The Hall–Kier alpha value is -1.26. The van der Waals surface area contributed by atoms with Crippen molar-refractivity contribution in [2.45, 2.75) is 52.1 Å². The number of nitrogens with zero attached hydrogens (tertiary/aromatic N) is 2. The van der Waals surface area contributed by atoms with Gasteiger partial charge in [0.15, 0.2) is 0 Å². The largest absolute Gasteiger partial charge is 0.444 e. The summed E-state index contributed by atoms with van der Waals surface area (Å²) in [7, 11) is 0. The van der Waals surface area contributed by atoms with Crippen molar-refractivity contribution < 1.29 is 14.3 Å². The molecule has 5 nitrogen and oxygen atoms in total. The standard InChI is InChI=1S/C17H28N2O3/c1-17(2,3)22-16(21)19-10-12-6-7-13(11-19)14(12)15(20)18-8-4-5-9-18/h12-14H,4-11H2,1-3H3. The molecule has 3 fully saturated rings. The van der Waals surface area contributed by atoms with E-state index in [0.717, 1.165) is 38.8 Å². The quantitative estimate of drug-likeness (QED) is 0.748. The molecule has 2 unspecified atom stereocenters. The molecule has 2 bridgehead atoms. The number of likely N-dealkylation sites (tertiary alicyclic amines) is 2. The first-order chi connectivity index (χ1) is 10.3. The molecule has 22 heavy (non-hydrogen) atoms. The molecule has 124 valence electrons. The minimum absolute atomic E-state index is 0.136. The summed E-state index contributed by atoms with van der Waals surface area (Å²) in [4.78, 5) is 28.9. The van der Waals surface area contributed by atoms with Crippen molar-refractivity contribution in [3.8, 4) is 0 Å². The lowest BCUT2D eigenvalue weighted by Gasteiger charge is -2.39. The van der Waals surface area contributed by atoms with E-state index in [4.69, 9.17) is 4.74 Å². The van der Waals surface area contributed by atoms with Gasteiger partial charge in [0.25, 0.3) is 0 Å². The van der Waals surface area contributed by atoms with Gasteiger partial charge in [-0.2, -0.15) is 0 Å². The van der Waals surface area contributed by atoms with Crippen LogP contribution < -0.4 is 0 Å². The van der Waals surface area contributed by atoms with E-state index in [0.29, 0.717) is 30.8 Å². The molecule has 0 N–H and O–H groups in total. The van der Waals surface area contributed by atoms with E-state index < -0.39 is 5.60 Å². The number of hydrogen-bond donors (Lipinski definition) is 0. The SMILES string of the molecule is CC(C)(C)OC(=O)N1CC2CCC(C1)C2C(=O)N1CCCC1. The first-order valence-corrected chi connectivity index (χ1v) is 8.62. The van der Waals surface area contributed by atoms with Crippen LogP contribution in [0.3, 0.4) is 0 Å². The van der Waals surface area contributed by atoms with Gasteiger partial charge in [-0.25, -0.2) is 4.79 Å². The Kier molecular flexibility index (Phi) is 4.08. The van der Waals surface area contributed by atoms with Crippen LogP contribution in [0.2, 0.25) is 0 Å². The Balaban J connectivity index is 1.64. The summed E-state index contributed by atoms with van der Waals surface area (Å²) in [5.74, 6) is 1.12. The van der Waals surface area contributed by atoms with Crippen LogP contribution in [-0.2, 0) is 9.53 Å². The fourth-order valence-corrected chi connectivity index (χ4v) is 4.25. The molecule has 2 amide bonds. The van der Waals surface area contributed by atoms with Crippen LogP contribution in [0.4, 0.5) is 4.79 Å². The second-order valence-electron chi connectivity index (χ2n) is 8.04. The molecule has 1 saturated carbocycles. The van der Waals surface area contributed by atoms with Gasteiger partial charge in [-0.15, -0.1) is 0 Å². The van der Waals surface area contributed by atoms with Crippen molar-refractivity contribution in [1.82, 2.24) is 9.80 Å². The molecule has 2 atom stereocenters. The molecule has 1 aliphatic carbocycles. The third-order valence-corrected chi connectivity index (χ3v) is 5.19. The van der Waals surface area contributed by atoms with E-state index >= 15 is 0 Å². The fourth-order valence-electron chi connectivity index (χ4n) is 4.25. The van der Waals surface area contributed by atoms with Gasteiger partial charge < -0.3 is 14.5 Å². The maximum Gasteiger partial charge on any atom is 0.410 e. The maximum atomic E-state index is 12.8. The average Bonchev–Trinajstić information content (AvgIpc) is 3.03. The number of fused-ring (bicyclic) bond motifs is 2. The summed E-state index contributed by atoms with van der Waals surface area (Å²) in [5, 5.41) is 0. The van der Waals surface area contributed by atoms with Gasteiger partial charge in [0.05, 0.1) is 0 Å². The van der Waals surface area contributed by atoms with Crippen LogP contribution in [0.15, 0.2) is 0 Å². The molecule has 2 saturated heterocycles. The van der Waals surface area contributed by atoms with E-state index in [9.17, 15) is 9.59 Å². The van der Waals surface area contributed by atoms with E-state index in [1.807, 2.05) is 30.6 Å². The highest BCUT2D eigenvalue weighted by Gasteiger charge is 2.48. The molecule has 3 rings (SSSR count). The lowest BCUT2D eigenvalue weighted by atomic mass is 9.84. The monoisotopic (exact) mass is 308 g/mol. The van der Waals surface area contributed by atoms with E-state index in [-0.39, 0.29) is 12.0 Å². The number of carbonyl (C=O) groups is 2. The average molecular weight is 308 g/mol. The Bertz CT molecular complexity index is 437. The minimum atomic E-state index is -0.460. The zero-order valence-electron chi connectivity index (χ0n) is 14.0. The van der Waals surface area contributed by atoms with Crippen LogP contribution in [0, 0.1) is 17.8 Å². The molecule has 0 aromatic heterocycles. The summed E-state index contributed by atoms with van der Waals surface area (Å²) >= 11 is 0. The summed E-state index contributed by atoms with van der Waals surface area (Å²) in [6.45, 7) is 8.87. The number of amides is 2. The van der Waals surface area contributed by atoms with E-state index in [1.165, 1.54) is 0 Å². The minimum Gasteiger partial charge on any atom is -0.444 e. The second-order valence-corrected chi connectivity index (χ2v) is 8.04. The number of hydrogen-bond acceptors (Lipinski definition) is 3. The number of ether oxygens (including phenoxy) is 1. The second kappa shape index (κ2) is 5.74. The Morgan fingerprint density at radius 3 is 2.00 bits per heavy atom. The molecule has 2 aliphatic heterocycles. The van der Waals surface area contributed by atoms with Crippen molar-refractivity contribution in [1.29, 1.82) is 0 Å². The third-order valence-electron chi connectivity index (χ3n) is 5.19. The smallest absolute Gasteiger partial charge is 0.410 e. The van der Waals surface area contributed by atoms with Crippen LogP contribution in [0.25, 0.3) is 0 Å². The normalized spacial score (nSPS) is 31.5. The summed E-state index contributed by atoms with van der Waals surface area (Å²) < 4.78 is 5.49. The van der Waals surface area contributed by atoms with Crippen molar-refractivity contribution in [3.05, 3.63) is 0 Å². The van der Waals surface area contributed by atoms with Gasteiger partial charge in [0.2, 0.25) is 5.91 Å². The molecule has 5 heteroatoms. The van der Waals surface area contributed by atoms with Gasteiger partial charge in [-0.3, -0.25) is 4.79 Å². The zero-order valence-corrected chi connectivity index (χ0v) is 14.0. The Labute approximate surface area is 133 Å². The molecular formula is C17H28N2O3. The highest BCUT2D eigenvalue weighted by Crippen LogP contribution is 2.43. The summed E-state index contributed by atoms with van der Waals surface area (Å²) in [5.41, 5.74) is -0.460. The number of carbonyl (C=O) groups excluding carboxylic acids is 2. The van der Waals surface area contributed by atoms with Crippen LogP contribution in [0.5, 0.6) is 0 Å². The van der Waals surface area contributed by atoms with Crippen LogP contribution in [0.1, 0.15) is 46.5 Å². The first-order valence-electron chi connectivity index (χ1n) is 8.62. The molecule has 0 aromatic rings. The fraction of sp³-hybridized carbons (Fsp3) is 0.882. The number of piperidine rings is 1. The topological polar surface area (TPSA) is 49.9 Å². The summed E-state index contributed by atoms with van der Waals surface area (Å²) in [6.07, 6.45) is 4.18. The zero-order chi connectivity index (χ0) is 15.9. The van der Waals surface area contributed by atoms with Gasteiger partial charge in [-0.05, 0) is 58.3 Å². The van der Waals surface area contributed by atoms with E-state index in [1.54, 1.807) is 0 Å². The van der Waals surface area contributed by atoms with Gasteiger partial charge in [0, 0.05) is 32.1 Å². The lowest BCUT2D eigenvalue weighted by Crippen LogP contribution is -2.51. The van der Waals surface area contributed by atoms with Gasteiger partial charge in [0.1, 0.15) is 5.60 Å². The van der Waals surface area contributed by atoms with Crippen molar-refractivity contribution >= 4 is 12.0 Å². The van der Waals surface area contributed by atoms with Crippen molar-refractivity contribution in [3.63, 3.8) is 0 Å². The highest BCUT2D eigenvalue weighted by molar-refractivity contribution is 5.80. The van der Waals surface area contributed by atoms with Crippen molar-refractivity contribution in [2.24, 2.45) is 17.8 Å².